The van der Waals surface area contributed by atoms with E-state index in [-0.39, 0.29) is 0 Å². The highest BCUT2D eigenvalue weighted by Gasteiger charge is 2.15. The molecule has 0 fully saturated rings. The van der Waals surface area contributed by atoms with Crippen molar-refractivity contribution >= 4 is 17.6 Å². The van der Waals surface area contributed by atoms with Crippen LogP contribution in [0.25, 0.3) is 0 Å². The zero-order valence-electron chi connectivity index (χ0n) is 13.6. The number of benzene rings is 2. The van der Waals surface area contributed by atoms with E-state index < -0.39 is 12.0 Å². The van der Waals surface area contributed by atoms with Gasteiger partial charge in [0.15, 0.2) is 11.5 Å². The molecule has 0 saturated carbocycles. The Labute approximate surface area is 146 Å². The molecule has 0 radical (unpaired) electrons. The second-order valence-corrected chi connectivity index (χ2v) is 5.67. The molecule has 1 atom stereocenters. The Morgan fingerprint density at radius 3 is 2.38 bits per heavy atom. The summed E-state index contributed by atoms with van der Waals surface area (Å²) in [6.45, 7) is 0.397. The highest BCUT2D eigenvalue weighted by Crippen LogP contribution is 2.29. The molecule has 0 aromatic heterocycles. The Morgan fingerprint density at radius 1 is 1.08 bits per heavy atom. The zero-order valence-corrected chi connectivity index (χ0v) is 14.4. The molecule has 1 unspecified atom stereocenters. The van der Waals surface area contributed by atoms with Gasteiger partial charge in [0.05, 0.1) is 14.2 Å². The molecular weight excluding hydrogens is 330 g/mol. The lowest BCUT2D eigenvalue weighted by Crippen LogP contribution is -2.33. The Hall–Kier alpha value is -2.24. The number of ether oxygens (including phenoxy) is 3. The van der Waals surface area contributed by atoms with E-state index in [9.17, 15) is 4.79 Å². The van der Waals surface area contributed by atoms with Crippen LogP contribution in [-0.2, 0) is 22.6 Å². The van der Waals surface area contributed by atoms with E-state index in [0.717, 1.165) is 11.1 Å². The minimum atomic E-state index is -0.708. The minimum Gasteiger partial charge on any atom is -0.493 e. The van der Waals surface area contributed by atoms with E-state index in [4.69, 9.17) is 26.8 Å². The van der Waals surface area contributed by atoms with Gasteiger partial charge in [0.2, 0.25) is 0 Å². The van der Waals surface area contributed by atoms with Gasteiger partial charge in [-0.25, -0.2) is 0 Å². The smallest absolute Gasteiger partial charge is 0.322 e. The van der Waals surface area contributed by atoms with E-state index in [0.29, 0.717) is 29.5 Å². The average molecular weight is 350 g/mol. The Balaban J connectivity index is 2.05. The van der Waals surface area contributed by atoms with Crippen molar-refractivity contribution in [3.05, 3.63) is 58.6 Å². The predicted molar refractivity (Wildman–Crippen MR) is 92.5 cm³/mol. The van der Waals surface area contributed by atoms with Gasteiger partial charge in [0.25, 0.3) is 0 Å². The highest BCUT2D eigenvalue weighted by atomic mass is 35.5. The maximum Gasteiger partial charge on any atom is 0.322 e. The average Bonchev–Trinajstić information content (AvgIpc) is 2.61. The van der Waals surface area contributed by atoms with Crippen LogP contribution in [0.4, 0.5) is 0 Å². The lowest BCUT2D eigenvalue weighted by Gasteiger charge is -2.14. The number of methoxy groups -OCH3 is 2. The summed E-state index contributed by atoms with van der Waals surface area (Å²) >= 11 is 5.86. The topological polar surface area (TPSA) is 70.8 Å². The molecule has 0 amide bonds. The lowest BCUT2D eigenvalue weighted by atomic mass is 10.1. The van der Waals surface area contributed by atoms with Gasteiger partial charge in [-0.15, -0.1) is 0 Å². The van der Waals surface area contributed by atoms with Crippen molar-refractivity contribution in [1.82, 2.24) is 0 Å². The second-order valence-electron chi connectivity index (χ2n) is 5.23. The van der Waals surface area contributed by atoms with Crippen LogP contribution in [0.15, 0.2) is 42.5 Å². The molecule has 0 aliphatic rings. The van der Waals surface area contributed by atoms with Gasteiger partial charge in [-0.1, -0.05) is 29.8 Å². The summed E-state index contributed by atoms with van der Waals surface area (Å²) in [5.74, 6) is 0.749. The third-order valence-electron chi connectivity index (χ3n) is 3.50. The molecule has 2 N–H and O–H groups in total. The van der Waals surface area contributed by atoms with Crippen LogP contribution in [-0.4, -0.2) is 26.2 Å². The fraction of sp³-hybridized carbons (Fsp3) is 0.278. The summed E-state index contributed by atoms with van der Waals surface area (Å²) in [6.07, 6.45) is 0.362. The van der Waals surface area contributed by atoms with E-state index in [1.807, 2.05) is 30.3 Å². The maximum atomic E-state index is 11.4. The van der Waals surface area contributed by atoms with E-state index in [1.54, 1.807) is 19.2 Å². The second kappa shape index (κ2) is 8.57. The molecule has 0 saturated heterocycles. The zero-order chi connectivity index (χ0) is 17.5. The van der Waals surface area contributed by atoms with Gasteiger partial charge >= 0.3 is 5.97 Å². The fourth-order valence-corrected chi connectivity index (χ4v) is 2.31. The number of nitrogens with two attached hydrogens (primary N) is 1. The number of carbonyl (C=O) groups is 1. The van der Waals surface area contributed by atoms with Crippen LogP contribution in [0.2, 0.25) is 5.02 Å². The molecule has 0 spiro atoms. The first kappa shape index (κ1) is 18.1. The maximum absolute atomic E-state index is 11.4. The van der Waals surface area contributed by atoms with Gasteiger partial charge in [-0.05, 0) is 41.8 Å². The normalized spacial score (nSPS) is 11.7. The van der Waals surface area contributed by atoms with Gasteiger partial charge in [0, 0.05) is 5.02 Å². The van der Waals surface area contributed by atoms with Gasteiger partial charge in [0.1, 0.15) is 12.6 Å². The van der Waals surface area contributed by atoms with Gasteiger partial charge in [-0.2, -0.15) is 0 Å². The lowest BCUT2D eigenvalue weighted by molar-refractivity contribution is -0.142. The standard InChI is InChI=1S/C18H20ClNO4/c1-22-17-10-13(9-15(20)18(21)23-2)5-8-16(17)24-11-12-3-6-14(19)7-4-12/h3-8,10,15H,9,11,20H2,1-2H3. The Kier molecular flexibility index (Phi) is 6.46. The first-order chi connectivity index (χ1) is 11.5. The fourth-order valence-electron chi connectivity index (χ4n) is 2.19. The van der Waals surface area contributed by atoms with Gasteiger partial charge < -0.3 is 19.9 Å². The number of carbonyl (C=O) groups excluding carboxylic acids is 1. The molecule has 2 aromatic rings. The Bertz CT molecular complexity index is 688. The Morgan fingerprint density at radius 2 is 1.75 bits per heavy atom. The number of halogens is 1. The van der Waals surface area contributed by atoms with Gasteiger partial charge in [-0.3, -0.25) is 4.79 Å². The van der Waals surface area contributed by atoms with Crippen molar-refractivity contribution in [3.8, 4) is 11.5 Å². The van der Waals surface area contributed by atoms with Crippen molar-refractivity contribution in [1.29, 1.82) is 0 Å². The number of rotatable bonds is 7. The molecule has 0 heterocycles. The van der Waals surface area contributed by atoms with Crippen LogP contribution in [0.5, 0.6) is 11.5 Å². The summed E-state index contributed by atoms with van der Waals surface area (Å²) in [5, 5.41) is 0.683. The summed E-state index contributed by atoms with van der Waals surface area (Å²) in [6, 6.07) is 12.2. The molecule has 128 valence electrons. The monoisotopic (exact) mass is 349 g/mol. The van der Waals surface area contributed by atoms with Crippen molar-refractivity contribution in [2.24, 2.45) is 5.73 Å². The summed E-state index contributed by atoms with van der Waals surface area (Å²) < 4.78 is 15.8. The van der Waals surface area contributed by atoms with Crippen LogP contribution in [0.3, 0.4) is 0 Å². The highest BCUT2D eigenvalue weighted by molar-refractivity contribution is 6.30. The van der Waals surface area contributed by atoms with Crippen molar-refractivity contribution in [2.45, 2.75) is 19.1 Å². The number of esters is 1. The van der Waals surface area contributed by atoms with Crippen LogP contribution >= 0.6 is 11.6 Å². The minimum absolute atomic E-state index is 0.362. The molecule has 5 nitrogen and oxygen atoms in total. The van der Waals surface area contributed by atoms with Crippen LogP contribution < -0.4 is 15.2 Å². The van der Waals surface area contributed by atoms with E-state index in [1.165, 1.54) is 7.11 Å². The number of hydrogen-bond acceptors (Lipinski definition) is 5. The van der Waals surface area contributed by atoms with Crippen molar-refractivity contribution < 1.29 is 19.0 Å². The molecule has 0 bridgehead atoms. The van der Waals surface area contributed by atoms with E-state index >= 15 is 0 Å². The molecule has 6 heteroatoms. The van der Waals surface area contributed by atoms with Crippen molar-refractivity contribution in [2.75, 3.05) is 14.2 Å². The largest absolute Gasteiger partial charge is 0.493 e. The van der Waals surface area contributed by atoms with Crippen LogP contribution in [0.1, 0.15) is 11.1 Å². The summed E-state index contributed by atoms with van der Waals surface area (Å²) in [5.41, 5.74) is 7.64. The summed E-state index contributed by atoms with van der Waals surface area (Å²) in [4.78, 5) is 11.4. The summed E-state index contributed by atoms with van der Waals surface area (Å²) in [7, 11) is 2.88. The van der Waals surface area contributed by atoms with Crippen LogP contribution in [0, 0.1) is 0 Å². The molecule has 24 heavy (non-hydrogen) atoms. The van der Waals surface area contributed by atoms with Crippen molar-refractivity contribution in [3.63, 3.8) is 0 Å². The molecule has 2 aromatic carbocycles. The number of hydrogen-bond donors (Lipinski definition) is 1. The quantitative estimate of drug-likeness (QED) is 0.778. The predicted octanol–water partition coefficient (Wildman–Crippen LogP) is 2.97. The van der Waals surface area contributed by atoms with E-state index in [2.05, 4.69) is 4.74 Å². The first-order valence-electron chi connectivity index (χ1n) is 7.41. The molecule has 2 rings (SSSR count). The first-order valence-corrected chi connectivity index (χ1v) is 7.79. The molecule has 0 aliphatic heterocycles. The third kappa shape index (κ3) is 4.88. The third-order valence-corrected chi connectivity index (χ3v) is 3.75. The SMILES string of the molecule is COC(=O)C(N)Cc1ccc(OCc2ccc(Cl)cc2)c(OC)c1. The molecule has 0 aliphatic carbocycles. The molecular formula is C18H20ClNO4.